The molecule has 1 atom stereocenters. The van der Waals surface area contributed by atoms with Gasteiger partial charge in [-0.1, -0.05) is 54.2 Å². The van der Waals surface area contributed by atoms with E-state index in [-0.39, 0.29) is 29.2 Å². The van der Waals surface area contributed by atoms with E-state index >= 15 is 0 Å². The molecule has 0 spiro atoms. The van der Waals surface area contributed by atoms with E-state index in [9.17, 15) is 14.4 Å². The van der Waals surface area contributed by atoms with Crippen molar-refractivity contribution < 1.29 is 14.3 Å². The second-order valence-electron chi connectivity index (χ2n) is 8.46. The molecule has 2 heterocycles. The second kappa shape index (κ2) is 12.5. The van der Waals surface area contributed by atoms with Gasteiger partial charge in [0, 0.05) is 32.7 Å². The molecule has 1 aliphatic rings. The number of rotatable bonds is 11. The lowest BCUT2D eigenvalue weighted by Crippen LogP contribution is -2.32. The zero-order chi connectivity index (χ0) is 24.5. The maximum Gasteiger partial charge on any atom is 0.262 e. The van der Waals surface area contributed by atoms with Crippen LogP contribution in [0.25, 0.3) is 10.9 Å². The zero-order valence-corrected chi connectivity index (χ0v) is 20.4. The number of ether oxygens (including phenoxy) is 1. The third-order valence-corrected chi connectivity index (χ3v) is 6.80. The van der Waals surface area contributed by atoms with Gasteiger partial charge in [0.05, 0.1) is 22.8 Å². The smallest absolute Gasteiger partial charge is 0.262 e. The summed E-state index contributed by atoms with van der Waals surface area (Å²) >= 11 is 1.23. The number of carbonyl (C=O) groups is 2. The van der Waals surface area contributed by atoms with Crippen molar-refractivity contribution in [2.75, 3.05) is 18.9 Å². The Morgan fingerprint density at radius 1 is 1.06 bits per heavy atom. The molecule has 2 aromatic carbocycles. The van der Waals surface area contributed by atoms with Gasteiger partial charge in [-0.25, -0.2) is 4.98 Å². The van der Waals surface area contributed by atoms with Gasteiger partial charge in [-0.05, 0) is 37.0 Å². The highest BCUT2D eigenvalue weighted by atomic mass is 32.2. The summed E-state index contributed by atoms with van der Waals surface area (Å²) < 4.78 is 7.11. The standard InChI is InChI=1S/C26H30N4O4S/c31-23(28-17-20-10-7-15-34-20)13-6-14-30-25(33)21-11-4-5-12-22(21)29-26(30)35-18-24(32)27-16-19-8-2-1-3-9-19/h1-5,8-9,11-12,20H,6-7,10,13-18H2,(H,27,32)(H,28,31). The van der Waals surface area contributed by atoms with Crippen molar-refractivity contribution in [3.63, 3.8) is 0 Å². The van der Waals surface area contributed by atoms with Gasteiger partial charge in [-0.15, -0.1) is 0 Å². The first kappa shape index (κ1) is 24.9. The number of hydrogen-bond donors (Lipinski definition) is 2. The van der Waals surface area contributed by atoms with Crippen LogP contribution in [-0.4, -0.2) is 46.4 Å². The van der Waals surface area contributed by atoms with Crippen molar-refractivity contribution in [3.8, 4) is 0 Å². The third kappa shape index (κ3) is 7.16. The summed E-state index contributed by atoms with van der Waals surface area (Å²) in [6.45, 7) is 2.07. The fourth-order valence-corrected chi connectivity index (χ4v) is 4.81. The van der Waals surface area contributed by atoms with Crippen LogP contribution in [-0.2, 0) is 27.4 Å². The van der Waals surface area contributed by atoms with Crippen LogP contribution >= 0.6 is 11.8 Å². The molecule has 1 aromatic heterocycles. The van der Waals surface area contributed by atoms with E-state index in [1.54, 1.807) is 22.8 Å². The molecular formula is C26H30N4O4S. The van der Waals surface area contributed by atoms with E-state index in [0.717, 1.165) is 25.0 Å². The Labute approximate surface area is 208 Å². The Kier molecular flexibility index (Phi) is 8.91. The first-order valence-corrected chi connectivity index (χ1v) is 12.9. The average Bonchev–Trinajstić information content (AvgIpc) is 3.41. The van der Waals surface area contributed by atoms with Crippen molar-refractivity contribution in [1.29, 1.82) is 0 Å². The summed E-state index contributed by atoms with van der Waals surface area (Å²) in [7, 11) is 0. The number of benzene rings is 2. The second-order valence-corrected chi connectivity index (χ2v) is 9.40. The SMILES string of the molecule is O=C(CCCn1c(SCC(=O)NCc2ccccc2)nc2ccccc2c1=O)NCC1CCCO1. The summed E-state index contributed by atoms with van der Waals surface area (Å²) in [5.41, 5.74) is 1.45. The van der Waals surface area contributed by atoms with Gasteiger partial charge in [0.15, 0.2) is 5.16 Å². The molecule has 3 aromatic rings. The lowest BCUT2D eigenvalue weighted by molar-refractivity contribution is -0.121. The Balaban J connectivity index is 1.37. The minimum atomic E-state index is -0.164. The van der Waals surface area contributed by atoms with Crippen molar-refractivity contribution in [2.45, 2.75) is 50.0 Å². The first-order chi connectivity index (χ1) is 17.1. The predicted octanol–water partition coefficient (Wildman–Crippen LogP) is 2.88. The van der Waals surface area contributed by atoms with Crippen LogP contribution in [0.4, 0.5) is 0 Å². The lowest BCUT2D eigenvalue weighted by Gasteiger charge is -2.14. The highest BCUT2D eigenvalue weighted by Gasteiger charge is 2.17. The van der Waals surface area contributed by atoms with Crippen LogP contribution in [0, 0.1) is 0 Å². The number of para-hydroxylation sites is 1. The number of hydrogen-bond acceptors (Lipinski definition) is 6. The van der Waals surface area contributed by atoms with E-state index < -0.39 is 0 Å². The van der Waals surface area contributed by atoms with E-state index in [1.807, 2.05) is 36.4 Å². The molecule has 0 aliphatic carbocycles. The number of fused-ring (bicyclic) bond motifs is 1. The molecule has 9 heteroatoms. The topological polar surface area (TPSA) is 102 Å². The van der Waals surface area contributed by atoms with Crippen LogP contribution in [0.5, 0.6) is 0 Å². The van der Waals surface area contributed by atoms with Crippen LogP contribution in [0.3, 0.4) is 0 Å². The normalized spacial score (nSPS) is 15.3. The molecule has 184 valence electrons. The molecule has 8 nitrogen and oxygen atoms in total. The minimum Gasteiger partial charge on any atom is -0.376 e. The first-order valence-electron chi connectivity index (χ1n) is 11.9. The number of nitrogens with zero attached hydrogens (tertiary/aromatic N) is 2. The van der Waals surface area contributed by atoms with E-state index in [0.29, 0.717) is 48.5 Å². The Hall–Kier alpha value is -3.17. The number of nitrogens with one attached hydrogen (secondary N) is 2. The molecule has 2 N–H and O–H groups in total. The molecule has 0 bridgehead atoms. The number of amides is 2. The van der Waals surface area contributed by atoms with Crippen molar-refractivity contribution in [3.05, 3.63) is 70.5 Å². The Bertz CT molecular complexity index is 1210. The molecule has 35 heavy (non-hydrogen) atoms. The molecular weight excluding hydrogens is 464 g/mol. The van der Waals surface area contributed by atoms with Gasteiger partial charge < -0.3 is 15.4 Å². The maximum atomic E-state index is 13.2. The van der Waals surface area contributed by atoms with Gasteiger partial charge in [0.1, 0.15) is 0 Å². The molecule has 1 saturated heterocycles. The van der Waals surface area contributed by atoms with Gasteiger partial charge in [0.2, 0.25) is 11.8 Å². The highest BCUT2D eigenvalue weighted by Crippen LogP contribution is 2.18. The third-order valence-electron chi connectivity index (χ3n) is 5.83. The number of thioether (sulfide) groups is 1. The Morgan fingerprint density at radius 2 is 1.86 bits per heavy atom. The van der Waals surface area contributed by atoms with Crippen LogP contribution in [0.15, 0.2) is 64.5 Å². The van der Waals surface area contributed by atoms with Crippen LogP contribution in [0.2, 0.25) is 0 Å². The monoisotopic (exact) mass is 494 g/mol. The predicted molar refractivity (Wildman–Crippen MR) is 136 cm³/mol. The van der Waals surface area contributed by atoms with E-state index in [4.69, 9.17) is 4.74 Å². The van der Waals surface area contributed by atoms with Crippen LogP contribution < -0.4 is 16.2 Å². The fraction of sp³-hybridized carbons (Fsp3) is 0.385. The van der Waals surface area contributed by atoms with Crippen LogP contribution in [0.1, 0.15) is 31.2 Å². The number of carbonyl (C=O) groups excluding carboxylic acids is 2. The summed E-state index contributed by atoms with van der Waals surface area (Å²) in [5, 5.41) is 6.81. The van der Waals surface area contributed by atoms with Gasteiger partial charge >= 0.3 is 0 Å². The highest BCUT2D eigenvalue weighted by molar-refractivity contribution is 7.99. The molecule has 1 aliphatic heterocycles. The van der Waals surface area contributed by atoms with E-state index in [2.05, 4.69) is 15.6 Å². The largest absolute Gasteiger partial charge is 0.376 e. The summed E-state index contributed by atoms with van der Waals surface area (Å²) in [6.07, 6.45) is 2.89. The van der Waals surface area contributed by atoms with Gasteiger partial charge in [-0.3, -0.25) is 19.0 Å². The molecule has 4 rings (SSSR count). The lowest BCUT2D eigenvalue weighted by atomic mass is 10.2. The maximum absolute atomic E-state index is 13.2. The summed E-state index contributed by atoms with van der Waals surface area (Å²) in [4.78, 5) is 42.5. The molecule has 0 radical (unpaired) electrons. The summed E-state index contributed by atoms with van der Waals surface area (Å²) in [6, 6.07) is 16.9. The molecule has 1 unspecified atom stereocenters. The number of aromatic nitrogens is 2. The fourth-order valence-electron chi connectivity index (χ4n) is 3.95. The van der Waals surface area contributed by atoms with Crippen molar-refractivity contribution in [1.82, 2.24) is 20.2 Å². The van der Waals surface area contributed by atoms with Gasteiger partial charge in [-0.2, -0.15) is 0 Å². The van der Waals surface area contributed by atoms with Crippen molar-refractivity contribution in [2.24, 2.45) is 0 Å². The molecule has 2 amide bonds. The summed E-state index contributed by atoms with van der Waals surface area (Å²) in [5.74, 6) is -0.0578. The van der Waals surface area contributed by atoms with E-state index in [1.165, 1.54) is 11.8 Å². The van der Waals surface area contributed by atoms with Gasteiger partial charge in [0.25, 0.3) is 5.56 Å². The molecule has 0 saturated carbocycles. The van der Waals surface area contributed by atoms with Crippen molar-refractivity contribution >= 4 is 34.5 Å². The molecule has 1 fully saturated rings. The Morgan fingerprint density at radius 3 is 2.66 bits per heavy atom. The zero-order valence-electron chi connectivity index (χ0n) is 19.6. The minimum absolute atomic E-state index is 0.0585. The quantitative estimate of drug-likeness (QED) is 0.314. The average molecular weight is 495 g/mol.